The number of phosphoric acid groups is 1. The molecule has 0 saturated heterocycles. The molecule has 0 bridgehead atoms. The molecule has 2 atom stereocenters. The molecule has 0 aromatic rings. The van der Waals surface area contributed by atoms with E-state index in [9.17, 15) is 19.0 Å². The minimum atomic E-state index is -4.40. The molecule has 0 spiro atoms. The molecule has 1 N–H and O–H groups in total. The lowest BCUT2D eigenvalue weighted by Crippen LogP contribution is -2.47. The Labute approximate surface area is 359 Å². The van der Waals surface area contributed by atoms with Crippen LogP contribution in [0.1, 0.15) is 246 Å². The number of phosphoric ester groups is 1. The number of hydrogen-bond acceptors (Lipinski definition) is 7. The zero-order valence-corrected chi connectivity index (χ0v) is 40.0. The Hall–Kier alpha value is -0.990. The van der Waals surface area contributed by atoms with Gasteiger partial charge in [0.1, 0.15) is 19.8 Å². The summed E-state index contributed by atoms with van der Waals surface area (Å²) in [5.74, 6) is -0.770. The number of likely N-dealkylation sites (N-methyl/N-ethyl adjacent to an activating group) is 1. The van der Waals surface area contributed by atoms with Crippen molar-refractivity contribution in [2.75, 3.05) is 46.5 Å². The number of quaternary nitrogens is 1. The second-order valence-electron chi connectivity index (χ2n) is 17.6. The van der Waals surface area contributed by atoms with Gasteiger partial charge in [0.25, 0.3) is 0 Å². The molecule has 0 aromatic heterocycles. The van der Waals surface area contributed by atoms with Gasteiger partial charge < -0.3 is 18.9 Å². The molecular weight excluding hydrogens is 750 g/mol. The minimum Gasteiger partial charge on any atom is -0.462 e. The van der Waals surface area contributed by atoms with Crippen molar-refractivity contribution in [2.45, 2.75) is 252 Å². The van der Waals surface area contributed by atoms with E-state index >= 15 is 0 Å². The molecule has 0 heterocycles. The molecule has 0 aliphatic rings. The molecule has 58 heavy (non-hydrogen) atoms. The fourth-order valence-electron chi connectivity index (χ4n) is 7.91. The predicted molar refractivity (Wildman–Crippen MR) is 243 cm³/mol. The van der Waals surface area contributed by atoms with E-state index in [1.165, 1.54) is 154 Å². The van der Waals surface area contributed by atoms with Gasteiger partial charge >= 0.3 is 19.8 Å². The van der Waals surface area contributed by atoms with Crippen molar-refractivity contribution in [3.05, 3.63) is 0 Å². The first-order chi connectivity index (χ1) is 28.1. The summed E-state index contributed by atoms with van der Waals surface area (Å²) in [6.45, 7) is 10.7. The zero-order valence-electron chi connectivity index (χ0n) is 39.1. The van der Waals surface area contributed by atoms with E-state index < -0.39 is 19.9 Å². The summed E-state index contributed by atoms with van der Waals surface area (Å²) in [5, 5.41) is 0. The fourth-order valence-corrected chi connectivity index (χ4v) is 8.65. The quantitative estimate of drug-likeness (QED) is 0.0279. The third-order valence-electron chi connectivity index (χ3n) is 11.5. The number of unbranched alkanes of at least 4 members (excludes halogenated alkanes) is 28. The maximum atomic E-state index is 12.8. The molecule has 2 unspecified atom stereocenters. The molecule has 0 fully saturated rings. The van der Waals surface area contributed by atoms with Crippen molar-refractivity contribution < 1.29 is 42.1 Å². The first-order valence-corrected chi connectivity index (χ1v) is 26.4. The molecule has 0 rings (SSSR count). The number of rotatable bonds is 46. The third-order valence-corrected chi connectivity index (χ3v) is 12.5. The summed E-state index contributed by atoms with van der Waals surface area (Å²) in [6.07, 6.45) is 39.1. The van der Waals surface area contributed by atoms with Gasteiger partial charge in [0.15, 0.2) is 6.10 Å². The summed E-state index contributed by atoms with van der Waals surface area (Å²) in [4.78, 5) is 35.9. The van der Waals surface area contributed by atoms with Crippen molar-refractivity contribution in [2.24, 2.45) is 0 Å². The Bertz CT molecular complexity index is 960. The average Bonchev–Trinajstić information content (AvgIpc) is 3.19. The van der Waals surface area contributed by atoms with Crippen LogP contribution in [0.15, 0.2) is 0 Å². The highest BCUT2D eigenvalue weighted by atomic mass is 31.2. The van der Waals surface area contributed by atoms with Gasteiger partial charge in [0.2, 0.25) is 0 Å². The van der Waals surface area contributed by atoms with E-state index in [0.29, 0.717) is 13.0 Å². The minimum absolute atomic E-state index is 0.0716. The van der Waals surface area contributed by atoms with E-state index in [1.54, 1.807) is 0 Å². The van der Waals surface area contributed by atoms with Gasteiger partial charge in [-0.1, -0.05) is 207 Å². The highest BCUT2D eigenvalue weighted by Crippen LogP contribution is 2.43. The van der Waals surface area contributed by atoms with Gasteiger partial charge in [-0.3, -0.25) is 18.6 Å². The Balaban J connectivity index is 4.52. The average molecular weight is 847 g/mol. The van der Waals surface area contributed by atoms with E-state index in [-0.39, 0.29) is 32.2 Å². The Morgan fingerprint density at radius 2 is 0.810 bits per heavy atom. The summed E-state index contributed by atoms with van der Waals surface area (Å²) in [5.41, 5.74) is 0. The predicted octanol–water partition coefficient (Wildman–Crippen LogP) is 14.4. The summed E-state index contributed by atoms with van der Waals surface area (Å²) >= 11 is 0. The largest absolute Gasteiger partial charge is 0.472 e. The first-order valence-electron chi connectivity index (χ1n) is 24.9. The van der Waals surface area contributed by atoms with Crippen molar-refractivity contribution in [3.8, 4) is 0 Å². The van der Waals surface area contributed by atoms with Gasteiger partial charge in [-0.05, 0) is 25.7 Å². The standard InChI is InChI=1S/C48H96NO8P/c1-6-10-12-14-16-18-20-22-24-26-28-30-32-34-36-38-47(50)54-44-46(45-56-58(52,53)55-43-42-49(5,40-8-3)41-9-4)57-48(51)39-37-35-33-31-29-27-25-23-21-19-17-15-13-11-7-2/h46H,6-45H2,1-5H3/p+1. The van der Waals surface area contributed by atoms with E-state index in [0.717, 1.165) is 68.9 Å². The van der Waals surface area contributed by atoms with Gasteiger partial charge in [0, 0.05) is 12.8 Å². The van der Waals surface area contributed by atoms with Crippen molar-refractivity contribution in [1.29, 1.82) is 0 Å². The lowest BCUT2D eigenvalue weighted by molar-refractivity contribution is -0.909. The highest BCUT2D eigenvalue weighted by Gasteiger charge is 2.28. The second kappa shape index (κ2) is 41.4. The van der Waals surface area contributed by atoms with Crippen LogP contribution in [0.25, 0.3) is 0 Å². The molecular formula is C48H97NO8P+. The lowest BCUT2D eigenvalue weighted by Gasteiger charge is -2.34. The number of carbonyl (C=O) groups is 2. The monoisotopic (exact) mass is 847 g/mol. The van der Waals surface area contributed by atoms with Crippen LogP contribution >= 0.6 is 7.82 Å². The normalized spacial score (nSPS) is 13.4. The van der Waals surface area contributed by atoms with Crippen molar-refractivity contribution in [3.63, 3.8) is 0 Å². The lowest BCUT2D eigenvalue weighted by atomic mass is 10.0. The molecule has 0 radical (unpaired) electrons. The molecule has 346 valence electrons. The van der Waals surface area contributed by atoms with Crippen molar-refractivity contribution >= 4 is 19.8 Å². The third kappa shape index (κ3) is 39.2. The summed E-state index contributed by atoms with van der Waals surface area (Å²) in [6, 6.07) is 0. The van der Waals surface area contributed by atoms with Crippen LogP contribution in [0.2, 0.25) is 0 Å². The van der Waals surface area contributed by atoms with Crippen molar-refractivity contribution in [1.82, 2.24) is 0 Å². The number of hydrogen-bond donors (Lipinski definition) is 1. The first kappa shape index (κ1) is 57.0. The molecule has 9 nitrogen and oxygen atoms in total. The second-order valence-corrected chi connectivity index (χ2v) is 19.0. The number of ether oxygens (including phenoxy) is 2. The van der Waals surface area contributed by atoms with Gasteiger partial charge in [-0.15, -0.1) is 0 Å². The Morgan fingerprint density at radius 1 is 0.466 bits per heavy atom. The van der Waals surface area contributed by atoms with E-state index in [1.807, 2.05) is 0 Å². The fraction of sp³-hybridized carbons (Fsp3) is 0.958. The van der Waals surface area contributed by atoms with Gasteiger partial charge in [-0.2, -0.15) is 0 Å². The topological polar surface area (TPSA) is 108 Å². The number of esters is 2. The van der Waals surface area contributed by atoms with E-state index in [4.69, 9.17) is 18.5 Å². The highest BCUT2D eigenvalue weighted by molar-refractivity contribution is 7.47. The summed E-state index contributed by atoms with van der Waals surface area (Å²) < 4.78 is 35.3. The van der Waals surface area contributed by atoms with Crippen LogP contribution in [0.3, 0.4) is 0 Å². The zero-order chi connectivity index (χ0) is 42.8. The molecule has 0 aliphatic heterocycles. The smallest absolute Gasteiger partial charge is 0.462 e. The molecule has 10 heteroatoms. The van der Waals surface area contributed by atoms with Crippen LogP contribution in [-0.4, -0.2) is 73.9 Å². The van der Waals surface area contributed by atoms with Crippen LogP contribution in [0.4, 0.5) is 0 Å². The molecule has 0 saturated carbocycles. The molecule has 0 aliphatic carbocycles. The van der Waals surface area contributed by atoms with Crippen LogP contribution in [0, 0.1) is 0 Å². The van der Waals surface area contributed by atoms with Crippen LogP contribution < -0.4 is 0 Å². The Morgan fingerprint density at radius 3 is 1.17 bits per heavy atom. The van der Waals surface area contributed by atoms with E-state index in [2.05, 4.69) is 34.7 Å². The summed E-state index contributed by atoms with van der Waals surface area (Å²) in [7, 11) is -2.28. The number of carbonyl (C=O) groups excluding carboxylic acids is 2. The SMILES string of the molecule is CCCCCCCCCCCCCCCCCC(=O)OCC(COP(=O)(O)OCC[N+](C)(CCC)CCC)OC(=O)CCCCCCCCCCCCCCCCC. The van der Waals surface area contributed by atoms with Gasteiger partial charge in [-0.25, -0.2) is 4.57 Å². The van der Waals surface area contributed by atoms with Crippen LogP contribution in [-0.2, 0) is 32.7 Å². The molecule has 0 amide bonds. The maximum absolute atomic E-state index is 12.8. The van der Waals surface area contributed by atoms with Gasteiger partial charge in [0.05, 0.1) is 26.7 Å². The maximum Gasteiger partial charge on any atom is 0.472 e. The Kier molecular flexibility index (Phi) is 40.7. The van der Waals surface area contributed by atoms with Crippen LogP contribution in [0.5, 0.6) is 0 Å². The number of nitrogens with zero attached hydrogens (tertiary/aromatic N) is 1. The molecule has 0 aromatic carbocycles.